The molecule has 0 amide bonds. The minimum absolute atomic E-state index is 0.0474. The molecule has 1 fully saturated rings. The minimum atomic E-state index is -3.69. The van der Waals surface area contributed by atoms with Crippen LogP contribution in [0.5, 0.6) is 5.75 Å². The zero-order valence-corrected chi connectivity index (χ0v) is 22.1. The van der Waals surface area contributed by atoms with Crippen LogP contribution in [0.4, 0.5) is 5.69 Å². The van der Waals surface area contributed by atoms with Crippen LogP contribution in [0, 0.1) is 6.92 Å². The number of piperidine rings is 1. The summed E-state index contributed by atoms with van der Waals surface area (Å²) in [4.78, 5) is 2.59. The van der Waals surface area contributed by atoms with E-state index in [9.17, 15) is 13.5 Å². The summed E-state index contributed by atoms with van der Waals surface area (Å²) in [5.74, 6) is 0.877. The van der Waals surface area contributed by atoms with E-state index >= 15 is 0 Å². The highest BCUT2D eigenvalue weighted by Gasteiger charge is 2.37. The molecular formula is C27H38N2O6S. The lowest BCUT2D eigenvalue weighted by molar-refractivity contribution is -0.00734. The minimum Gasteiger partial charge on any atom is -0.490 e. The Morgan fingerprint density at radius 2 is 1.94 bits per heavy atom. The Hall–Kier alpha value is -2.17. The van der Waals surface area contributed by atoms with Crippen molar-refractivity contribution < 1.29 is 27.7 Å². The van der Waals surface area contributed by atoms with Crippen LogP contribution in [0.3, 0.4) is 0 Å². The van der Waals surface area contributed by atoms with Crippen LogP contribution in [0.15, 0.2) is 47.4 Å². The van der Waals surface area contributed by atoms with Gasteiger partial charge in [-0.1, -0.05) is 23.8 Å². The van der Waals surface area contributed by atoms with Crippen molar-refractivity contribution >= 4 is 15.7 Å². The van der Waals surface area contributed by atoms with E-state index in [1.807, 2.05) is 31.2 Å². The van der Waals surface area contributed by atoms with E-state index in [-0.39, 0.29) is 30.2 Å². The number of rotatable bonds is 11. The molecule has 8 nitrogen and oxygen atoms in total. The van der Waals surface area contributed by atoms with E-state index < -0.39 is 10.0 Å². The van der Waals surface area contributed by atoms with Gasteiger partial charge in [-0.2, -0.15) is 4.31 Å². The average Bonchev–Trinajstić information content (AvgIpc) is 2.88. The molecule has 1 saturated heterocycles. The largest absolute Gasteiger partial charge is 0.490 e. The highest BCUT2D eigenvalue weighted by atomic mass is 32.2. The van der Waals surface area contributed by atoms with E-state index in [1.165, 1.54) is 4.31 Å². The Kier molecular flexibility index (Phi) is 9.25. The molecule has 2 atom stereocenters. The number of hydrogen-bond acceptors (Lipinski definition) is 7. The van der Waals surface area contributed by atoms with Crippen molar-refractivity contribution in [2.24, 2.45) is 0 Å². The molecule has 198 valence electrons. The molecule has 9 heteroatoms. The number of benzene rings is 2. The number of aliphatic hydroxyl groups is 1. The van der Waals surface area contributed by atoms with Gasteiger partial charge in [0.25, 0.3) is 0 Å². The lowest BCUT2D eigenvalue weighted by Gasteiger charge is -2.38. The maximum atomic E-state index is 13.5. The van der Waals surface area contributed by atoms with Gasteiger partial charge in [0, 0.05) is 39.5 Å². The fraction of sp³-hybridized carbons (Fsp3) is 0.556. The van der Waals surface area contributed by atoms with Crippen LogP contribution in [0.2, 0.25) is 0 Å². The maximum Gasteiger partial charge on any atom is 0.243 e. The predicted molar refractivity (Wildman–Crippen MR) is 139 cm³/mol. The van der Waals surface area contributed by atoms with Crippen molar-refractivity contribution in [3.63, 3.8) is 0 Å². The molecule has 2 heterocycles. The second-order valence-electron chi connectivity index (χ2n) is 9.55. The molecule has 36 heavy (non-hydrogen) atoms. The SMILES string of the molecule is COCCCN1CCOc2ccc(CO[C@@H]3CC[C@@H](CCO)N(S(=O)(=O)c4ccc(C)cc4)C3)cc21. The van der Waals surface area contributed by atoms with E-state index in [0.717, 1.165) is 55.1 Å². The van der Waals surface area contributed by atoms with Crippen LogP contribution in [-0.4, -0.2) is 76.5 Å². The molecular weight excluding hydrogens is 480 g/mol. The number of nitrogens with zero attached hydrogens (tertiary/aromatic N) is 2. The molecule has 0 aromatic heterocycles. The lowest BCUT2D eigenvalue weighted by atomic mass is 10.0. The first-order valence-corrected chi connectivity index (χ1v) is 14.2. The number of hydrogen-bond donors (Lipinski definition) is 1. The van der Waals surface area contributed by atoms with Crippen molar-refractivity contribution in [3.8, 4) is 5.75 Å². The van der Waals surface area contributed by atoms with Crippen LogP contribution < -0.4 is 9.64 Å². The number of aryl methyl sites for hydroxylation is 1. The van der Waals surface area contributed by atoms with Gasteiger partial charge in [-0.25, -0.2) is 8.42 Å². The van der Waals surface area contributed by atoms with Gasteiger partial charge in [0.15, 0.2) is 0 Å². The van der Waals surface area contributed by atoms with Crippen molar-refractivity contribution in [3.05, 3.63) is 53.6 Å². The number of aliphatic hydroxyl groups excluding tert-OH is 1. The fourth-order valence-electron chi connectivity index (χ4n) is 4.93. The third-order valence-corrected chi connectivity index (χ3v) is 8.88. The standard InChI is InChI=1S/C27H38N2O6S/c1-21-4-9-25(10-5-21)36(31,32)29-19-24(8-7-23(29)12-15-30)35-20-22-6-11-27-26(18-22)28(14-17-34-27)13-3-16-33-2/h4-6,9-11,18,23-24,30H,3,7-8,12-17,19-20H2,1-2H3/t23-,24+/m0/s1. The third kappa shape index (κ3) is 6.39. The first-order chi connectivity index (χ1) is 17.4. The highest BCUT2D eigenvalue weighted by molar-refractivity contribution is 7.89. The first kappa shape index (κ1) is 26.9. The van der Waals surface area contributed by atoms with Gasteiger partial charge < -0.3 is 24.2 Å². The summed E-state index contributed by atoms with van der Waals surface area (Å²) in [6, 6.07) is 12.8. The summed E-state index contributed by atoms with van der Waals surface area (Å²) in [5, 5.41) is 9.54. The molecule has 0 bridgehead atoms. The van der Waals surface area contributed by atoms with Gasteiger partial charge in [0.2, 0.25) is 10.0 Å². The number of anilines is 1. The molecule has 2 aromatic rings. The van der Waals surface area contributed by atoms with Crippen LogP contribution in [0.25, 0.3) is 0 Å². The molecule has 2 aromatic carbocycles. The number of sulfonamides is 1. The maximum absolute atomic E-state index is 13.5. The van der Waals surface area contributed by atoms with Crippen LogP contribution >= 0.6 is 0 Å². The van der Waals surface area contributed by atoms with Crippen molar-refractivity contribution in [2.45, 2.75) is 56.3 Å². The van der Waals surface area contributed by atoms with Gasteiger partial charge >= 0.3 is 0 Å². The molecule has 2 aliphatic rings. The van der Waals surface area contributed by atoms with Crippen LogP contribution in [0.1, 0.15) is 36.8 Å². The van der Waals surface area contributed by atoms with Crippen molar-refractivity contribution in [1.29, 1.82) is 0 Å². The van der Waals surface area contributed by atoms with Crippen molar-refractivity contribution in [2.75, 3.05) is 51.5 Å². The smallest absolute Gasteiger partial charge is 0.243 e. The topological polar surface area (TPSA) is 88.5 Å². The summed E-state index contributed by atoms with van der Waals surface area (Å²) in [6.07, 6.45) is 2.55. The monoisotopic (exact) mass is 518 g/mol. The van der Waals surface area contributed by atoms with E-state index in [1.54, 1.807) is 19.2 Å². The summed E-state index contributed by atoms with van der Waals surface area (Å²) in [6.45, 7) is 5.67. The number of ether oxygens (including phenoxy) is 3. The van der Waals surface area contributed by atoms with Gasteiger partial charge in [-0.15, -0.1) is 0 Å². The Bertz CT molecular complexity index is 1090. The van der Waals surface area contributed by atoms with Gasteiger partial charge in [-0.05, 0) is 62.4 Å². The molecule has 0 saturated carbocycles. The fourth-order valence-corrected chi connectivity index (χ4v) is 6.65. The number of fused-ring (bicyclic) bond motifs is 1. The molecule has 0 unspecified atom stereocenters. The normalized spacial score (nSPS) is 20.7. The second-order valence-corrected chi connectivity index (χ2v) is 11.4. The summed E-state index contributed by atoms with van der Waals surface area (Å²) in [7, 11) is -1.97. The zero-order chi connectivity index (χ0) is 25.5. The molecule has 0 radical (unpaired) electrons. The highest BCUT2D eigenvalue weighted by Crippen LogP contribution is 2.34. The number of methoxy groups -OCH3 is 1. The van der Waals surface area contributed by atoms with Gasteiger partial charge in [-0.3, -0.25) is 0 Å². The molecule has 1 N–H and O–H groups in total. The van der Waals surface area contributed by atoms with Crippen LogP contribution in [-0.2, 0) is 26.1 Å². The second kappa shape index (κ2) is 12.4. The molecule has 0 aliphatic carbocycles. The Labute approximate surface area is 214 Å². The van der Waals surface area contributed by atoms with E-state index in [0.29, 0.717) is 26.1 Å². The quantitative estimate of drug-likeness (QED) is 0.457. The Morgan fingerprint density at radius 3 is 2.69 bits per heavy atom. The first-order valence-electron chi connectivity index (χ1n) is 12.7. The molecule has 0 spiro atoms. The zero-order valence-electron chi connectivity index (χ0n) is 21.3. The van der Waals surface area contributed by atoms with E-state index in [4.69, 9.17) is 14.2 Å². The average molecular weight is 519 g/mol. The van der Waals surface area contributed by atoms with Gasteiger partial charge in [0.1, 0.15) is 12.4 Å². The molecule has 2 aliphatic heterocycles. The third-order valence-electron chi connectivity index (χ3n) is 6.95. The van der Waals surface area contributed by atoms with Crippen molar-refractivity contribution in [1.82, 2.24) is 4.31 Å². The predicted octanol–water partition coefficient (Wildman–Crippen LogP) is 3.35. The summed E-state index contributed by atoms with van der Waals surface area (Å²) < 4.78 is 45.8. The summed E-state index contributed by atoms with van der Waals surface area (Å²) in [5.41, 5.74) is 3.10. The van der Waals surface area contributed by atoms with Gasteiger partial charge in [0.05, 0.1) is 29.8 Å². The molecule has 4 rings (SSSR count). The Morgan fingerprint density at radius 1 is 1.14 bits per heavy atom. The lowest BCUT2D eigenvalue weighted by Crippen LogP contribution is -2.49. The Balaban J connectivity index is 1.44. The van der Waals surface area contributed by atoms with E-state index in [2.05, 4.69) is 11.0 Å². The summed E-state index contributed by atoms with van der Waals surface area (Å²) >= 11 is 0.